The molecule has 0 saturated carbocycles. The molecule has 1 fully saturated rings. The third-order valence-electron chi connectivity index (χ3n) is 5.32. The molecule has 2 aromatic carbocycles. The van der Waals surface area contributed by atoms with Gasteiger partial charge in [-0.2, -0.15) is 0 Å². The summed E-state index contributed by atoms with van der Waals surface area (Å²) in [5, 5.41) is 0. The largest absolute Gasteiger partial charge is 0.496 e. The number of carbonyl (C=O) groups is 1. The average Bonchev–Trinajstić information content (AvgIpc) is 2.70. The summed E-state index contributed by atoms with van der Waals surface area (Å²) in [7, 11) is 6.31. The van der Waals surface area contributed by atoms with Gasteiger partial charge in [-0.25, -0.2) is 0 Å². The van der Waals surface area contributed by atoms with E-state index in [2.05, 4.69) is 12.6 Å². The number of hydrogen-bond acceptors (Lipinski definition) is 5. The van der Waals surface area contributed by atoms with Gasteiger partial charge in [0, 0.05) is 12.1 Å². The van der Waals surface area contributed by atoms with Gasteiger partial charge in [-0.05, 0) is 31.0 Å². The minimum atomic E-state index is -0.290. The standard InChI is InChI=1S/C23H27NO5/c1-13(2)20-21(15-8-9-17(26-4)14(3)10-15)24(23(20)25)16-11-18(27-5)22(29-7)19(12-16)28-6/h8-12,20-21H,1H2,2-7H3/t20-,21-/m0/s1. The molecule has 3 rings (SSSR count). The Balaban J connectivity index is 2.11. The maximum atomic E-state index is 13.1. The fourth-order valence-electron chi connectivity index (χ4n) is 3.89. The molecular weight excluding hydrogens is 370 g/mol. The fraction of sp³-hybridized carbons (Fsp3) is 0.348. The van der Waals surface area contributed by atoms with Gasteiger partial charge in [0.1, 0.15) is 5.75 Å². The van der Waals surface area contributed by atoms with E-state index in [1.54, 1.807) is 45.5 Å². The van der Waals surface area contributed by atoms with Crippen molar-refractivity contribution < 1.29 is 23.7 Å². The molecule has 0 N–H and O–H groups in total. The number of benzene rings is 2. The SMILES string of the molecule is C=C(C)[C@@H]1C(=O)N(c2cc(OC)c(OC)c(OC)c2)[C@H]1c1ccc(OC)c(C)c1. The molecule has 29 heavy (non-hydrogen) atoms. The highest BCUT2D eigenvalue weighted by Gasteiger charge is 2.49. The summed E-state index contributed by atoms with van der Waals surface area (Å²) < 4.78 is 21.7. The topological polar surface area (TPSA) is 57.2 Å². The van der Waals surface area contributed by atoms with Gasteiger partial charge in [-0.3, -0.25) is 4.79 Å². The van der Waals surface area contributed by atoms with Crippen LogP contribution in [-0.2, 0) is 4.79 Å². The summed E-state index contributed by atoms with van der Waals surface area (Å²) in [5.74, 6) is 1.99. The molecule has 2 atom stereocenters. The van der Waals surface area contributed by atoms with Crippen molar-refractivity contribution in [3.8, 4) is 23.0 Å². The highest BCUT2D eigenvalue weighted by Crippen LogP contribution is 2.50. The zero-order valence-electron chi connectivity index (χ0n) is 17.7. The first-order valence-electron chi connectivity index (χ1n) is 9.30. The Labute approximate surface area is 171 Å². The molecule has 0 aliphatic carbocycles. The number of nitrogens with zero attached hydrogens (tertiary/aromatic N) is 1. The van der Waals surface area contributed by atoms with Crippen molar-refractivity contribution in [2.75, 3.05) is 33.3 Å². The van der Waals surface area contributed by atoms with Crippen LogP contribution < -0.4 is 23.8 Å². The van der Waals surface area contributed by atoms with Crippen molar-refractivity contribution in [2.45, 2.75) is 19.9 Å². The van der Waals surface area contributed by atoms with Crippen LogP contribution in [0.2, 0.25) is 0 Å². The van der Waals surface area contributed by atoms with Crippen molar-refractivity contribution in [3.63, 3.8) is 0 Å². The fourth-order valence-corrected chi connectivity index (χ4v) is 3.89. The molecule has 1 saturated heterocycles. The highest BCUT2D eigenvalue weighted by atomic mass is 16.5. The molecule has 154 valence electrons. The molecule has 0 spiro atoms. The quantitative estimate of drug-likeness (QED) is 0.515. The molecule has 1 aliphatic rings. The van der Waals surface area contributed by atoms with E-state index < -0.39 is 0 Å². The normalized spacial score (nSPS) is 18.1. The summed E-state index contributed by atoms with van der Waals surface area (Å²) in [6, 6.07) is 9.37. The third-order valence-corrected chi connectivity index (χ3v) is 5.32. The number of β-lactam (4-membered cyclic amide) rings is 1. The molecule has 2 aromatic rings. The lowest BCUT2D eigenvalue weighted by atomic mass is 9.77. The molecule has 6 nitrogen and oxygen atoms in total. The summed E-state index contributed by atoms with van der Waals surface area (Å²) in [6.07, 6.45) is 0. The average molecular weight is 397 g/mol. The first kappa shape index (κ1) is 20.6. The van der Waals surface area contributed by atoms with E-state index in [1.165, 1.54) is 0 Å². The Morgan fingerprint density at radius 3 is 1.97 bits per heavy atom. The van der Waals surface area contributed by atoms with Crippen molar-refractivity contribution in [2.24, 2.45) is 5.92 Å². The second-order valence-corrected chi connectivity index (χ2v) is 7.09. The smallest absolute Gasteiger partial charge is 0.237 e. The van der Waals surface area contributed by atoms with Gasteiger partial charge in [0.05, 0.1) is 46.1 Å². The number of hydrogen-bond donors (Lipinski definition) is 0. The monoisotopic (exact) mass is 397 g/mol. The van der Waals surface area contributed by atoms with Gasteiger partial charge in [0.2, 0.25) is 11.7 Å². The predicted octanol–water partition coefficient (Wildman–Crippen LogP) is 4.31. The van der Waals surface area contributed by atoms with Crippen LogP contribution in [0.4, 0.5) is 5.69 Å². The van der Waals surface area contributed by atoms with Crippen LogP contribution in [-0.4, -0.2) is 34.3 Å². The van der Waals surface area contributed by atoms with E-state index in [9.17, 15) is 4.79 Å². The Bertz CT molecular complexity index is 927. The highest BCUT2D eigenvalue weighted by molar-refractivity contribution is 6.05. The van der Waals surface area contributed by atoms with E-state index in [0.717, 1.165) is 22.4 Å². The van der Waals surface area contributed by atoms with Crippen molar-refractivity contribution in [1.82, 2.24) is 0 Å². The van der Waals surface area contributed by atoms with Crippen LogP contribution >= 0.6 is 0 Å². The van der Waals surface area contributed by atoms with Crippen LogP contribution in [0.15, 0.2) is 42.5 Å². The molecule has 0 aromatic heterocycles. The predicted molar refractivity (Wildman–Crippen MR) is 112 cm³/mol. The molecular formula is C23H27NO5. The molecule has 0 bridgehead atoms. The number of ether oxygens (including phenoxy) is 4. The maximum absolute atomic E-state index is 13.1. The third kappa shape index (κ3) is 3.39. The molecule has 1 aliphatic heterocycles. The van der Waals surface area contributed by atoms with Crippen LogP contribution in [0.1, 0.15) is 24.1 Å². The molecule has 0 unspecified atom stereocenters. The lowest BCUT2D eigenvalue weighted by molar-refractivity contribution is -0.128. The van der Waals surface area contributed by atoms with Crippen LogP contribution in [0.5, 0.6) is 23.0 Å². The summed E-state index contributed by atoms with van der Waals surface area (Å²) in [4.78, 5) is 14.8. The van der Waals surface area contributed by atoms with Gasteiger partial charge in [0.15, 0.2) is 11.5 Å². The first-order valence-corrected chi connectivity index (χ1v) is 9.30. The molecule has 1 heterocycles. The van der Waals surface area contributed by atoms with Crippen molar-refractivity contribution in [3.05, 3.63) is 53.6 Å². The number of anilines is 1. The maximum Gasteiger partial charge on any atom is 0.237 e. The van der Waals surface area contributed by atoms with Gasteiger partial charge < -0.3 is 23.8 Å². The number of rotatable bonds is 7. The van der Waals surface area contributed by atoms with Gasteiger partial charge in [-0.15, -0.1) is 0 Å². The number of carbonyl (C=O) groups excluding carboxylic acids is 1. The van der Waals surface area contributed by atoms with Crippen LogP contribution in [0, 0.1) is 12.8 Å². The van der Waals surface area contributed by atoms with E-state index in [1.807, 2.05) is 26.0 Å². The van der Waals surface area contributed by atoms with Gasteiger partial charge in [-0.1, -0.05) is 24.3 Å². The van der Waals surface area contributed by atoms with Gasteiger partial charge in [0.25, 0.3) is 0 Å². The lowest BCUT2D eigenvalue weighted by Gasteiger charge is -2.48. The zero-order chi connectivity index (χ0) is 21.3. The second kappa shape index (κ2) is 8.07. The van der Waals surface area contributed by atoms with E-state index in [-0.39, 0.29) is 17.9 Å². The van der Waals surface area contributed by atoms with Crippen LogP contribution in [0.25, 0.3) is 0 Å². The summed E-state index contributed by atoms with van der Waals surface area (Å²) >= 11 is 0. The van der Waals surface area contributed by atoms with Crippen LogP contribution in [0.3, 0.4) is 0 Å². The Kier molecular flexibility index (Phi) is 5.73. The Morgan fingerprint density at radius 1 is 0.931 bits per heavy atom. The Morgan fingerprint density at radius 2 is 1.52 bits per heavy atom. The van der Waals surface area contributed by atoms with Crippen molar-refractivity contribution in [1.29, 1.82) is 0 Å². The number of aryl methyl sites for hydroxylation is 1. The first-order chi connectivity index (χ1) is 13.9. The van der Waals surface area contributed by atoms with E-state index >= 15 is 0 Å². The number of amides is 1. The molecule has 1 amide bonds. The van der Waals surface area contributed by atoms with E-state index in [4.69, 9.17) is 18.9 Å². The molecule has 6 heteroatoms. The van der Waals surface area contributed by atoms with Crippen molar-refractivity contribution >= 4 is 11.6 Å². The minimum absolute atomic E-state index is 0.00903. The van der Waals surface area contributed by atoms with Gasteiger partial charge >= 0.3 is 0 Å². The summed E-state index contributed by atoms with van der Waals surface area (Å²) in [6.45, 7) is 7.92. The Hall–Kier alpha value is -3.15. The zero-order valence-corrected chi connectivity index (χ0v) is 17.7. The summed E-state index contributed by atoms with van der Waals surface area (Å²) in [5.41, 5.74) is 3.54. The number of methoxy groups -OCH3 is 4. The van der Waals surface area contributed by atoms with E-state index in [0.29, 0.717) is 22.9 Å². The minimum Gasteiger partial charge on any atom is -0.496 e. The lowest BCUT2D eigenvalue weighted by Crippen LogP contribution is -2.55. The second-order valence-electron chi connectivity index (χ2n) is 7.09. The molecule has 0 radical (unpaired) electrons.